The second-order valence-corrected chi connectivity index (χ2v) is 16.2. The van der Waals surface area contributed by atoms with Crippen molar-refractivity contribution in [3.63, 3.8) is 0 Å². The molecule has 0 saturated carbocycles. The monoisotopic (exact) mass is 803 g/mol. The SMILES string of the molecule is c1ccc(-c2cc(-c3ccc4c5ccc6c(c7ccccc7n6-c6ccc7c(c6)c6ccccc6n7-c6ccccc6)c5n(-c5ccccc5)c4c3)nc(-c3ccccc3)n2)cc1. The van der Waals surface area contributed by atoms with Crippen molar-refractivity contribution in [2.45, 2.75) is 0 Å². The smallest absolute Gasteiger partial charge is 0.160 e. The minimum absolute atomic E-state index is 0.702. The van der Waals surface area contributed by atoms with Crippen molar-refractivity contribution in [3.05, 3.63) is 224 Å². The predicted octanol–water partition coefficient (Wildman–Crippen LogP) is 14.8. The largest absolute Gasteiger partial charge is 0.309 e. The van der Waals surface area contributed by atoms with Gasteiger partial charge in [0.1, 0.15) is 0 Å². The molecule has 4 aromatic heterocycles. The Hall–Kier alpha value is -8.54. The highest BCUT2D eigenvalue weighted by molar-refractivity contribution is 6.26. The Morgan fingerprint density at radius 3 is 1.49 bits per heavy atom. The Bertz CT molecular complexity index is 3820. The van der Waals surface area contributed by atoms with Crippen LogP contribution in [0.3, 0.4) is 0 Å². The van der Waals surface area contributed by atoms with E-state index >= 15 is 0 Å². The number of rotatable bonds is 6. The molecular formula is C58H37N5. The average molecular weight is 804 g/mol. The average Bonchev–Trinajstić information content (AvgIpc) is 4.00. The van der Waals surface area contributed by atoms with E-state index in [0.717, 1.165) is 56.2 Å². The maximum Gasteiger partial charge on any atom is 0.160 e. The standard InChI is InChI=1S/C58H37N5/c1-5-17-38(18-6-1)49-37-50(60-58(59-49)39-19-7-2-8-20-39)40-29-31-45-46-32-34-54-56(57(46)63(55(45)35-40)42-23-11-4-12-24-42)47-26-14-16-28-52(47)62(54)43-30-33-53-48(36-43)44-25-13-15-27-51(44)61(53)41-21-9-3-10-22-41/h1-37H. The van der Waals surface area contributed by atoms with Gasteiger partial charge >= 0.3 is 0 Å². The van der Waals surface area contributed by atoms with E-state index in [-0.39, 0.29) is 0 Å². The van der Waals surface area contributed by atoms with Crippen molar-refractivity contribution in [1.29, 1.82) is 0 Å². The minimum atomic E-state index is 0.702. The summed E-state index contributed by atoms with van der Waals surface area (Å²) in [5, 5.41) is 7.27. The first-order valence-electron chi connectivity index (χ1n) is 21.4. The van der Waals surface area contributed by atoms with E-state index in [1.54, 1.807) is 0 Å². The lowest BCUT2D eigenvalue weighted by molar-refractivity contribution is 1.16. The fraction of sp³-hybridized carbons (Fsp3) is 0. The Labute approximate surface area is 363 Å². The van der Waals surface area contributed by atoms with E-state index in [1.165, 1.54) is 54.4 Å². The number of nitrogens with zero attached hydrogens (tertiary/aromatic N) is 5. The second kappa shape index (κ2) is 14.0. The Morgan fingerprint density at radius 2 is 0.778 bits per heavy atom. The zero-order chi connectivity index (χ0) is 41.4. The van der Waals surface area contributed by atoms with E-state index in [0.29, 0.717) is 5.82 Å². The zero-order valence-corrected chi connectivity index (χ0v) is 34.1. The van der Waals surface area contributed by atoms with Crippen LogP contribution in [0.2, 0.25) is 0 Å². The van der Waals surface area contributed by atoms with E-state index in [1.807, 2.05) is 24.3 Å². The molecule has 0 radical (unpaired) electrons. The highest BCUT2D eigenvalue weighted by Crippen LogP contribution is 2.44. The van der Waals surface area contributed by atoms with Crippen LogP contribution in [-0.4, -0.2) is 23.7 Å². The molecule has 0 aliphatic heterocycles. The molecule has 0 spiro atoms. The maximum absolute atomic E-state index is 5.22. The molecule has 63 heavy (non-hydrogen) atoms. The fourth-order valence-electron chi connectivity index (χ4n) is 9.86. The molecule has 5 heteroatoms. The Balaban J connectivity index is 1.08. The number of hydrogen-bond donors (Lipinski definition) is 0. The molecule has 0 atom stereocenters. The fourth-order valence-corrected chi connectivity index (χ4v) is 9.86. The highest BCUT2D eigenvalue weighted by Gasteiger charge is 2.23. The summed E-state index contributed by atoms with van der Waals surface area (Å²) < 4.78 is 7.29. The maximum atomic E-state index is 5.22. The first-order valence-corrected chi connectivity index (χ1v) is 21.4. The van der Waals surface area contributed by atoms with Crippen LogP contribution in [0.5, 0.6) is 0 Å². The predicted molar refractivity (Wildman–Crippen MR) is 261 cm³/mol. The third-order valence-corrected chi connectivity index (χ3v) is 12.6. The molecular weight excluding hydrogens is 767 g/mol. The molecule has 0 saturated heterocycles. The second-order valence-electron chi connectivity index (χ2n) is 16.2. The quantitative estimate of drug-likeness (QED) is 0.168. The van der Waals surface area contributed by atoms with Crippen molar-refractivity contribution < 1.29 is 0 Å². The van der Waals surface area contributed by atoms with Crippen molar-refractivity contribution >= 4 is 65.4 Å². The molecule has 294 valence electrons. The van der Waals surface area contributed by atoms with E-state index in [4.69, 9.17) is 9.97 Å². The molecule has 13 rings (SSSR count). The number of benzene rings is 9. The van der Waals surface area contributed by atoms with Crippen molar-refractivity contribution in [1.82, 2.24) is 23.7 Å². The lowest BCUT2D eigenvalue weighted by atomic mass is 10.0. The van der Waals surface area contributed by atoms with Gasteiger partial charge < -0.3 is 13.7 Å². The summed E-state index contributed by atoms with van der Waals surface area (Å²) in [6.45, 7) is 0. The Morgan fingerprint density at radius 1 is 0.270 bits per heavy atom. The molecule has 13 aromatic rings. The topological polar surface area (TPSA) is 40.6 Å². The van der Waals surface area contributed by atoms with Crippen molar-refractivity contribution in [2.24, 2.45) is 0 Å². The van der Waals surface area contributed by atoms with Crippen molar-refractivity contribution in [2.75, 3.05) is 0 Å². The van der Waals surface area contributed by atoms with Crippen LogP contribution in [0.1, 0.15) is 0 Å². The van der Waals surface area contributed by atoms with E-state index < -0.39 is 0 Å². The van der Waals surface area contributed by atoms with Gasteiger partial charge in [-0.3, -0.25) is 0 Å². The summed E-state index contributed by atoms with van der Waals surface area (Å²) in [5.74, 6) is 0.702. The van der Waals surface area contributed by atoms with Crippen LogP contribution in [0.15, 0.2) is 224 Å². The molecule has 0 aliphatic carbocycles. The molecule has 0 amide bonds. The van der Waals surface area contributed by atoms with Gasteiger partial charge in [0.15, 0.2) is 5.82 Å². The lowest BCUT2D eigenvalue weighted by Gasteiger charge is -2.12. The first-order chi connectivity index (χ1) is 31.3. The molecule has 9 aromatic carbocycles. The van der Waals surface area contributed by atoms with Crippen LogP contribution in [0, 0.1) is 0 Å². The number of hydrogen-bond acceptors (Lipinski definition) is 2. The van der Waals surface area contributed by atoms with Gasteiger partial charge in [0.25, 0.3) is 0 Å². The van der Waals surface area contributed by atoms with Crippen molar-refractivity contribution in [3.8, 4) is 51.0 Å². The van der Waals surface area contributed by atoms with Gasteiger partial charge in [-0.05, 0) is 72.8 Å². The van der Waals surface area contributed by atoms with Gasteiger partial charge in [0.2, 0.25) is 0 Å². The van der Waals surface area contributed by atoms with Gasteiger partial charge in [-0.15, -0.1) is 0 Å². The van der Waals surface area contributed by atoms with E-state index in [9.17, 15) is 0 Å². The van der Waals surface area contributed by atoms with Gasteiger partial charge in [-0.1, -0.05) is 152 Å². The molecule has 4 heterocycles. The Kier molecular flexibility index (Phi) is 7.84. The molecule has 0 N–H and O–H groups in total. The van der Waals surface area contributed by atoms with Gasteiger partial charge in [-0.2, -0.15) is 0 Å². The molecule has 0 bridgehead atoms. The number of aromatic nitrogens is 5. The lowest BCUT2D eigenvalue weighted by Crippen LogP contribution is -1.97. The third kappa shape index (κ3) is 5.50. The van der Waals surface area contributed by atoms with Crippen LogP contribution in [0.25, 0.3) is 116 Å². The summed E-state index contributed by atoms with van der Waals surface area (Å²) in [6, 6.07) is 80.2. The molecule has 5 nitrogen and oxygen atoms in total. The van der Waals surface area contributed by atoms with E-state index in [2.05, 4.69) is 214 Å². The van der Waals surface area contributed by atoms with Crippen LogP contribution >= 0.6 is 0 Å². The molecule has 0 unspecified atom stereocenters. The molecule has 0 fully saturated rings. The number of fused-ring (bicyclic) bond motifs is 10. The van der Waals surface area contributed by atoms with Gasteiger partial charge in [0, 0.05) is 66.1 Å². The van der Waals surface area contributed by atoms with Gasteiger partial charge in [-0.25, -0.2) is 9.97 Å². The third-order valence-electron chi connectivity index (χ3n) is 12.6. The first kappa shape index (κ1) is 35.2. The summed E-state index contributed by atoms with van der Waals surface area (Å²) in [6.07, 6.45) is 0. The summed E-state index contributed by atoms with van der Waals surface area (Å²) >= 11 is 0. The summed E-state index contributed by atoms with van der Waals surface area (Å²) in [7, 11) is 0. The van der Waals surface area contributed by atoms with Crippen LogP contribution in [0.4, 0.5) is 0 Å². The van der Waals surface area contributed by atoms with Gasteiger partial charge in [0.05, 0.1) is 44.5 Å². The minimum Gasteiger partial charge on any atom is -0.309 e. The van der Waals surface area contributed by atoms with Crippen LogP contribution < -0.4 is 0 Å². The van der Waals surface area contributed by atoms with Crippen LogP contribution in [-0.2, 0) is 0 Å². The summed E-state index contributed by atoms with van der Waals surface area (Å²) in [4.78, 5) is 10.3. The highest BCUT2D eigenvalue weighted by atomic mass is 15.0. The molecule has 0 aliphatic rings. The zero-order valence-electron chi connectivity index (χ0n) is 34.1. The normalized spacial score (nSPS) is 11.8. The number of para-hydroxylation sites is 4. The summed E-state index contributed by atoms with van der Waals surface area (Å²) in [5.41, 5.74) is 15.2.